The molecule has 0 saturated heterocycles. The van der Waals surface area contributed by atoms with Gasteiger partial charge in [-0.05, 0) is 11.2 Å². The maximum absolute atomic E-state index is 4.17. The van der Waals surface area contributed by atoms with Crippen LogP contribution in [0.3, 0.4) is 0 Å². The summed E-state index contributed by atoms with van der Waals surface area (Å²) in [5.41, 5.74) is 0. The topological polar surface area (TPSA) is 31.0 Å². The summed E-state index contributed by atoms with van der Waals surface area (Å²) < 4.78 is 1.88. The van der Waals surface area contributed by atoms with Gasteiger partial charge >= 0.3 is 5.17 Å². The second-order valence-electron chi connectivity index (χ2n) is 2.90. The average Bonchev–Trinajstić information content (AvgIpc) is 2.04. The van der Waals surface area contributed by atoms with Gasteiger partial charge in [0.1, 0.15) is 0 Å². The standard InChI is InChI=1S/C8H17N4S/c1-11(2)6-9-8(13-5)10-7-12(3)4/h6-7H,1-5H3/q+1. The summed E-state index contributed by atoms with van der Waals surface area (Å²) in [7, 11) is 7.71. The molecule has 0 atom stereocenters. The first kappa shape index (κ1) is 12.2. The van der Waals surface area contributed by atoms with Crippen LogP contribution in [0.15, 0.2) is 9.98 Å². The van der Waals surface area contributed by atoms with Crippen LogP contribution in [0.25, 0.3) is 0 Å². The predicted molar refractivity (Wildman–Crippen MR) is 61.3 cm³/mol. The van der Waals surface area contributed by atoms with Gasteiger partial charge in [0.2, 0.25) is 0 Å². The van der Waals surface area contributed by atoms with E-state index in [0.717, 1.165) is 5.17 Å². The molecule has 0 heterocycles. The molecule has 4 nitrogen and oxygen atoms in total. The molecule has 0 bridgehead atoms. The largest absolute Gasteiger partial charge is 0.369 e. The molecule has 0 N–H and O–H groups in total. The highest BCUT2D eigenvalue weighted by Crippen LogP contribution is 1.97. The first-order valence-corrected chi connectivity index (χ1v) is 5.11. The molecule has 0 saturated carbocycles. The number of thioether (sulfide) groups is 1. The monoisotopic (exact) mass is 201 g/mol. The molecule has 13 heavy (non-hydrogen) atoms. The van der Waals surface area contributed by atoms with Crippen molar-refractivity contribution in [1.82, 2.24) is 4.90 Å². The minimum Gasteiger partial charge on any atom is -0.369 e. The van der Waals surface area contributed by atoms with Crippen molar-refractivity contribution in [1.29, 1.82) is 0 Å². The minimum absolute atomic E-state index is 0.752. The van der Waals surface area contributed by atoms with Crippen molar-refractivity contribution in [3.8, 4) is 0 Å². The van der Waals surface area contributed by atoms with E-state index in [9.17, 15) is 0 Å². The third-order valence-electron chi connectivity index (χ3n) is 0.981. The van der Waals surface area contributed by atoms with Crippen molar-refractivity contribution in [2.45, 2.75) is 0 Å². The van der Waals surface area contributed by atoms with Crippen molar-refractivity contribution in [3.63, 3.8) is 0 Å². The Morgan fingerprint density at radius 3 is 2.38 bits per heavy atom. The fraction of sp³-hybridized carbons (Fsp3) is 0.625. The highest BCUT2D eigenvalue weighted by molar-refractivity contribution is 8.13. The lowest BCUT2D eigenvalue weighted by Crippen LogP contribution is -2.09. The van der Waals surface area contributed by atoms with Crippen LogP contribution in [-0.2, 0) is 0 Å². The zero-order valence-corrected chi connectivity index (χ0v) is 9.67. The van der Waals surface area contributed by atoms with Crippen molar-refractivity contribution in [2.75, 3.05) is 34.4 Å². The van der Waals surface area contributed by atoms with Crippen molar-refractivity contribution >= 4 is 29.6 Å². The quantitative estimate of drug-likeness (QED) is 0.372. The zero-order chi connectivity index (χ0) is 10.3. The third-order valence-corrected chi connectivity index (χ3v) is 1.56. The Balaban J connectivity index is 4.34. The second kappa shape index (κ2) is 6.65. The van der Waals surface area contributed by atoms with Gasteiger partial charge in [-0.3, -0.25) is 4.58 Å². The number of rotatable bonds is 2. The Morgan fingerprint density at radius 1 is 1.38 bits per heavy atom. The molecule has 0 rings (SSSR count). The van der Waals surface area contributed by atoms with Gasteiger partial charge in [-0.25, -0.2) is 0 Å². The van der Waals surface area contributed by atoms with E-state index < -0.39 is 0 Å². The van der Waals surface area contributed by atoms with Crippen molar-refractivity contribution < 1.29 is 4.58 Å². The van der Waals surface area contributed by atoms with Crippen LogP contribution >= 0.6 is 11.8 Å². The highest BCUT2D eigenvalue weighted by atomic mass is 32.2. The second-order valence-corrected chi connectivity index (χ2v) is 3.68. The summed E-state index contributed by atoms with van der Waals surface area (Å²) in [6.07, 6.45) is 5.42. The summed E-state index contributed by atoms with van der Waals surface area (Å²) in [6.45, 7) is 0. The molecule has 0 amide bonds. The molecule has 0 aromatic carbocycles. The summed E-state index contributed by atoms with van der Waals surface area (Å²) in [5, 5.41) is 0.752. The first-order valence-electron chi connectivity index (χ1n) is 3.88. The van der Waals surface area contributed by atoms with E-state index in [4.69, 9.17) is 0 Å². The Morgan fingerprint density at radius 2 is 2.00 bits per heavy atom. The van der Waals surface area contributed by atoms with Crippen LogP contribution in [0.4, 0.5) is 0 Å². The molecule has 0 spiro atoms. The molecule has 0 fully saturated rings. The molecule has 0 aromatic heterocycles. The summed E-state index contributed by atoms with van der Waals surface area (Å²) in [6, 6.07) is 0. The Kier molecular flexibility index (Phi) is 6.22. The predicted octanol–water partition coefficient (Wildman–Crippen LogP) is 0.596. The van der Waals surface area contributed by atoms with Crippen molar-refractivity contribution in [2.24, 2.45) is 9.98 Å². The molecule has 0 aliphatic carbocycles. The van der Waals surface area contributed by atoms with Crippen LogP contribution in [0.1, 0.15) is 0 Å². The number of hydrogen-bond donors (Lipinski definition) is 0. The highest BCUT2D eigenvalue weighted by Gasteiger charge is 1.97. The van der Waals surface area contributed by atoms with Gasteiger partial charge in [-0.1, -0.05) is 11.8 Å². The van der Waals surface area contributed by atoms with Gasteiger partial charge in [0.05, 0.1) is 20.4 Å². The van der Waals surface area contributed by atoms with Gasteiger partial charge in [-0.2, -0.15) is 4.99 Å². The molecule has 0 aromatic rings. The number of amidine groups is 1. The van der Waals surface area contributed by atoms with E-state index in [2.05, 4.69) is 9.98 Å². The Labute approximate surface area is 84.1 Å². The smallest absolute Gasteiger partial charge is 0.302 e. The van der Waals surface area contributed by atoms with E-state index in [-0.39, 0.29) is 0 Å². The molecule has 0 radical (unpaired) electrons. The van der Waals surface area contributed by atoms with Crippen LogP contribution in [0.2, 0.25) is 0 Å². The lowest BCUT2D eigenvalue weighted by Gasteiger charge is -2.00. The van der Waals surface area contributed by atoms with E-state index in [1.165, 1.54) is 11.8 Å². The lowest BCUT2D eigenvalue weighted by atomic mass is 10.9. The van der Waals surface area contributed by atoms with E-state index in [0.29, 0.717) is 0 Å². The molecular weight excluding hydrogens is 184 g/mol. The summed E-state index contributed by atoms with van der Waals surface area (Å²) in [4.78, 5) is 10.2. The Bertz CT molecular complexity index is 226. The van der Waals surface area contributed by atoms with Crippen LogP contribution in [0.5, 0.6) is 0 Å². The first-order chi connectivity index (χ1) is 6.06. The molecule has 0 unspecified atom stereocenters. The minimum atomic E-state index is 0.752. The van der Waals surface area contributed by atoms with E-state index >= 15 is 0 Å². The summed E-state index contributed by atoms with van der Waals surface area (Å²) >= 11 is 1.52. The number of nitrogens with zero attached hydrogens (tertiary/aromatic N) is 4. The molecular formula is C8H17N4S+. The fourth-order valence-corrected chi connectivity index (χ4v) is 0.774. The van der Waals surface area contributed by atoms with E-state index in [1.807, 2.05) is 43.9 Å². The van der Waals surface area contributed by atoms with Gasteiger partial charge in [-0.15, -0.1) is 0 Å². The molecule has 74 valence electrons. The third kappa shape index (κ3) is 7.52. The van der Waals surface area contributed by atoms with Crippen molar-refractivity contribution in [3.05, 3.63) is 0 Å². The van der Waals surface area contributed by atoms with Crippen LogP contribution < -0.4 is 0 Å². The average molecular weight is 201 g/mol. The number of hydrogen-bond acceptors (Lipinski definition) is 1. The fourth-order valence-electron chi connectivity index (χ4n) is 0.468. The van der Waals surface area contributed by atoms with Gasteiger partial charge in [0.25, 0.3) is 6.34 Å². The Hall–Kier alpha value is -0.840. The molecule has 0 aliphatic heterocycles. The molecule has 0 aliphatic rings. The van der Waals surface area contributed by atoms with Crippen LogP contribution in [0, 0.1) is 0 Å². The van der Waals surface area contributed by atoms with E-state index in [1.54, 1.807) is 12.7 Å². The normalized spacial score (nSPS) is 11.9. The van der Waals surface area contributed by atoms with Crippen LogP contribution in [-0.4, -0.2) is 61.8 Å². The maximum Gasteiger partial charge on any atom is 0.302 e. The van der Waals surface area contributed by atoms with Gasteiger partial charge in [0.15, 0.2) is 0 Å². The maximum atomic E-state index is 4.17. The molecule has 5 heteroatoms. The zero-order valence-electron chi connectivity index (χ0n) is 8.85. The summed E-state index contributed by atoms with van der Waals surface area (Å²) in [5.74, 6) is 0. The number of aliphatic imine (C=N–C) groups is 2. The SMILES string of the molecule is CSC(=NC=[N+](C)C)/N=C/N(C)C. The van der Waals surface area contributed by atoms with Gasteiger partial charge in [0, 0.05) is 14.1 Å². The van der Waals surface area contributed by atoms with Gasteiger partial charge < -0.3 is 4.90 Å². The lowest BCUT2D eigenvalue weighted by molar-refractivity contribution is -0.460.